The monoisotopic (exact) mass is 325 g/mol. The summed E-state index contributed by atoms with van der Waals surface area (Å²) < 4.78 is 1.87. The first-order chi connectivity index (χ1) is 11.5. The average molecular weight is 325 g/mol. The molecule has 128 valence electrons. The Kier molecular flexibility index (Phi) is 4.74. The maximum Gasteiger partial charge on any atom is 0.234 e. The zero-order chi connectivity index (χ0) is 17.3. The van der Waals surface area contributed by atoms with Gasteiger partial charge in [0.15, 0.2) is 0 Å². The van der Waals surface area contributed by atoms with E-state index in [0.29, 0.717) is 6.04 Å². The van der Waals surface area contributed by atoms with Crippen molar-refractivity contribution in [2.75, 3.05) is 4.90 Å². The van der Waals surface area contributed by atoms with E-state index in [1.54, 1.807) is 0 Å². The Hall–Kier alpha value is -2.10. The van der Waals surface area contributed by atoms with Gasteiger partial charge in [-0.3, -0.25) is 9.48 Å². The molecule has 1 aliphatic rings. The van der Waals surface area contributed by atoms with Gasteiger partial charge in [0.05, 0.1) is 11.6 Å². The molecule has 0 N–H and O–H groups in total. The van der Waals surface area contributed by atoms with E-state index in [9.17, 15) is 4.79 Å². The van der Waals surface area contributed by atoms with Gasteiger partial charge in [0.1, 0.15) is 0 Å². The molecule has 1 aromatic carbocycles. The van der Waals surface area contributed by atoms with Gasteiger partial charge in [-0.15, -0.1) is 0 Å². The van der Waals surface area contributed by atoms with Crippen LogP contribution in [-0.4, -0.2) is 21.7 Å². The Labute approximate surface area is 144 Å². The van der Waals surface area contributed by atoms with Crippen LogP contribution in [-0.2, 0) is 11.8 Å². The van der Waals surface area contributed by atoms with Crippen molar-refractivity contribution in [2.24, 2.45) is 7.05 Å². The van der Waals surface area contributed by atoms with Crippen LogP contribution in [0.15, 0.2) is 30.3 Å². The number of aromatic nitrogens is 2. The van der Waals surface area contributed by atoms with E-state index in [2.05, 4.69) is 5.10 Å². The number of benzene rings is 1. The third kappa shape index (κ3) is 2.97. The van der Waals surface area contributed by atoms with Gasteiger partial charge in [0.25, 0.3) is 0 Å². The van der Waals surface area contributed by atoms with Crippen LogP contribution >= 0.6 is 0 Å². The Bertz CT molecular complexity index is 714. The van der Waals surface area contributed by atoms with Gasteiger partial charge in [-0.2, -0.15) is 5.10 Å². The summed E-state index contributed by atoms with van der Waals surface area (Å²) in [4.78, 5) is 15.5. The van der Waals surface area contributed by atoms with Crippen LogP contribution in [0.25, 0.3) is 0 Å². The third-order valence-corrected chi connectivity index (χ3v) is 5.33. The lowest BCUT2D eigenvalue weighted by molar-refractivity contribution is -0.120. The molecular weight excluding hydrogens is 298 g/mol. The highest BCUT2D eigenvalue weighted by atomic mass is 16.2. The fraction of sp³-hybridized carbons (Fsp3) is 0.500. The van der Waals surface area contributed by atoms with E-state index in [1.807, 2.05) is 67.7 Å². The van der Waals surface area contributed by atoms with Crippen molar-refractivity contribution >= 4 is 11.6 Å². The SMILES string of the molecule is Cc1nn(C)c(C)c1[C@@H](C)C(=O)N(c1ccccc1)C1CCCC1. The number of amides is 1. The van der Waals surface area contributed by atoms with E-state index in [1.165, 1.54) is 12.8 Å². The van der Waals surface area contributed by atoms with Crippen LogP contribution in [0.2, 0.25) is 0 Å². The normalized spacial score (nSPS) is 16.3. The van der Waals surface area contributed by atoms with Gasteiger partial charge in [0, 0.05) is 30.0 Å². The first-order valence-electron chi connectivity index (χ1n) is 8.89. The number of carbonyl (C=O) groups excluding carboxylic acids is 1. The van der Waals surface area contributed by atoms with Gasteiger partial charge in [-0.25, -0.2) is 0 Å². The summed E-state index contributed by atoms with van der Waals surface area (Å²) in [5.41, 5.74) is 4.12. The average Bonchev–Trinajstić information content (AvgIpc) is 3.17. The smallest absolute Gasteiger partial charge is 0.234 e. The first kappa shape index (κ1) is 16.7. The second kappa shape index (κ2) is 6.80. The van der Waals surface area contributed by atoms with Crippen molar-refractivity contribution in [3.63, 3.8) is 0 Å². The van der Waals surface area contributed by atoms with E-state index in [-0.39, 0.29) is 11.8 Å². The second-order valence-corrected chi connectivity index (χ2v) is 6.91. The van der Waals surface area contributed by atoms with E-state index >= 15 is 0 Å². The molecule has 2 aromatic rings. The lowest BCUT2D eigenvalue weighted by Gasteiger charge is -2.31. The molecule has 1 amide bonds. The van der Waals surface area contributed by atoms with Crippen LogP contribution in [0.1, 0.15) is 55.5 Å². The van der Waals surface area contributed by atoms with Gasteiger partial charge in [-0.1, -0.05) is 31.0 Å². The Morgan fingerprint density at radius 3 is 2.38 bits per heavy atom. The fourth-order valence-corrected chi connectivity index (χ4v) is 4.02. The molecule has 4 heteroatoms. The molecule has 3 rings (SSSR count). The molecule has 1 saturated carbocycles. The summed E-state index contributed by atoms with van der Waals surface area (Å²) >= 11 is 0. The predicted octanol–water partition coefficient (Wildman–Crippen LogP) is 4.12. The maximum absolute atomic E-state index is 13.4. The van der Waals surface area contributed by atoms with Crippen LogP contribution < -0.4 is 4.90 Å². The largest absolute Gasteiger partial charge is 0.309 e. The number of para-hydroxylation sites is 1. The van der Waals surface area contributed by atoms with Crippen molar-refractivity contribution in [2.45, 2.75) is 58.4 Å². The third-order valence-electron chi connectivity index (χ3n) is 5.33. The lowest BCUT2D eigenvalue weighted by Crippen LogP contribution is -2.41. The molecule has 24 heavy (non-hydrogen) atoms. The molecule has 0 saturated heterocycles. The molecule has 1 aliphatic carbocycles. The maximum atomic E-state index is 13.4. The van der Waals surface area contributed by atoms with Gasteiger partial charge in [-0.05, 0) is 45.7 Å². The second-order valence-electron chi connectivity index (χ2n) is 6.91. The molecule has 1 aromatic heterocycles. The minimum atomic E-state index is -0.181. The summed E-state index contributed by atoms with van der Waals surface area (Å²) in [5, 5.41) is 4.49. The van der Waals surface area contributed by atoms with Gasteiger partial charge in [0.2, 0.25) is 5.91 Å². The van der Waals surface area contributed by atoms with Crippen molar-refractivity contribution in [3.05, 3.63) is 47.3 Å². The number of carbonyl (C=O) groups is 1. The van der Waals surface area contributed by atoms with Gasteiger partial charge >= 0.3 is 0 Å². The Morgan fingerprint density at radius 1 is 1.21 bits per heavy atom. The number of anilines is 1. The Morgan fingerprint density at radius 2 is 1.83 bits per heavy atom. The lowest BCUT2D eigenvalue weighted by atomic mass is 9.96. The molecule has 0 radical (unpaired) electrons. The van der Waals surface area contributed by atoms with Crippen LogP contribution in [0.3, 0.4) is 0 Å². The topological polar surface area (TPSA) is 38.1 Å². The number of aryl methyl sites for hydroxylation is 2. The van der Waals surface area contributed by atoms with Crippen LogP contribution in [0.5, 0.6) is 0 Å². The van der Waals surface area contributed by atoms with Crippen molar-refractivity contribution in [1.29, 1.82) is 0 Å². The van der Waals surface area contributed by atoms with Gasteiger partial charge < -0.3 is 4.90 Å². The van der Waals surface area contributed by atoms with E-state index < -0.39 is 0 Å². The summed E-state index contributed by atoms with van der Waals surface area (Å²) in [7, 11) is 1.94. The van der Waals surface area contributed by atoms with Crippen molar-refractivity contribution in [3.8, 4) is 0 Å². The first-order valence-corrected chi connectivity index (χ1v) is 8.89. The summed E-state index contributed by atoms with van der Waals surface area (Å²) in [6, 6.07) is 10.4. The molecule has 1 heterocycles. The number of rotatable bonds is 4. The standard InChI is InChI=1S/C20H27N3O/c1-14(19-15(2)21-22(4)16(19)3)20(24)23(18-12-8-9-13-18)17-10-6-5-7-11-17/h5-7,10-11,14,18H,8-9,12-13H2,1-4H3/t14-/m1/s1. The zero-order valence-corrected chi connectivity index (χ0v) is 15.1. The van der Waals surface area contributed by atoms with Crippen molar-refractivity contribution < 1.29 is 4.79 Å². The molecular formula is C20H27N3O. The molecule has 1 atom stereocenters. The predicted molar refractivity (Wildman–Crippen MR) is 97.3 cm³/mol. The quantitative estimate of drug-likeness (QED) is 0.848. The number of nitrogens with zero attached hydrogens (tertiary/aromatic N) is 3. The summed E-state index contributed by atoms with van der Waals surface area (Å²) in [5.74, 6) is 0.00630. The minimum absolute atomic E-state index is 0.181. The molecule has 4 nitrogen and oxygen atoms in total. The summed E-state index contributed by atoms with van der Waals surface area (Å²) in [6.45, 7) is 6.06. The molecule has 0 bridgehead atoms. The highest BCUT2D eigenvalue weighted by Crippen LogP contribution is 2.33. The van der Waals surface area contributed by atoms with E-state index in [4.69, 9.17) is 0 Å². The molecule has 1 fully saturated rings. The number of hydrogen-bond donors (Lipinski definition) is 0. The molecule has 0 unspecified atom stereocenters. The van der Waals surface area contributed by atoms with Crippen LogP contribution in [0.4, 0.5) is 5.69 Å². The van der Waals surface area contributed by atoms with Crippen molar-refractivity contribution in [1.82, 2.24) is 9.78 Å². The number of hydrogen-bond acceptors (Lipinski definition) is 2. The van der Waals surface area contributed by atoms with E-state index in [0.717, 1.165) is 35.5 Å². The highest BCUT2D eigenvalue weighted by molar-refractivity contribution is 5.98. The molecule has 0 spiro atoms. The molecule has 0 aliphatic heterocycles. The van der Waals surface area contributed by atoms with Crippen LogP contribution in [0, 0.1) is 13.8 Å². The fourth-order valence-electron chi connectivity index (χ4n) is 4.02. The summed E-state index contributed by atoms with van der Waals surface area (Å²) in [6.07, 6.45) is 4.61. The Balaban J connectivity index is 1.96. The zero-order valence-electron chi connectivity index (χ0n) is 15.1. The highest BCUT2D eigenvalue weighted by Gasteiger charge is 2.33. The minimum Gasteiger partial charge on any atom is -0.309 e.